The predicted molar refractivity (Wildman–Crippen MR) is 223 cm³/mol. The Morgan fingerprint density at radius 1 is 0.836 bits per heavy atom. The highest BCUT2D eigenvalue weighted by Crippen LogP contribution is 2.45. The van der Waals surface area contributed by atoms with Gasteiger partial charge in [0.25, 0.3) is 0 Å². The molecule has 2 saturated heterocycles. The third-order valence-electron chi connectivity index (χ3n) is 12.0. The van der Waals surface area contributed by atoms with Crippen molar-refractivity contribution in [2.75, 3.05) is 38.9 Å². The molecule has 16 nitrogen and oxygen atoms in total. The Labute approximate surface area is 351 Å². The first kappa shape index (κ1) is 39.7. The molecule has 0 radical (unpaired) electrons. The molecule has 5 aromatic rings. The van der Waals surface area contributed by atoms with E-state index >= 15 is 0 Å². The van der Waals surface area contributed by atoms with Crippen molar-refractivity contribution >= 4 is 29.7 Å². The van der Waals surface area contributed by atoms with Crippen LogP contribution in [0.3, 0.4) is 0 Å². The van der Waals surface area contributed by atoms with Gasteiger partial charge < -0.3 is 44.4 Å². The molecule has 4 unspecified atom stereocenters. The maximum absolute atomic E-state index is 13.9. The fourth-order valence-corrected chi connectivity index (χ4v) is 8.93. The smallest absolute Gasteiger partial charge is 0.407 e. The molecule has 4 aliphatic heterocycles. The van der Waals surface area contributed by atoms with Crippen molar-refractivity contribution in [2.45, 2.75) is 62.6 Å². The van der Waals surface area contributed by atoms with Gasteiger partial charge in [0.15, 0.2) is 5.79 Å². The molecule has 6 heterocycles. The normalized spacial score (nSPS) is 20.6. The van der Waals surface area contributed by atoms with Gasteiger partial charge in [0.2, 0.25) is 11.8 Å². The van der Waals surface area contributed by atoms with Crippen LogP contribution in [0.5, 0.6) is 0 Å². The van der Waals surface area contributed by atoms with Crippen LogP contribution in [0.2, 0.25) is 0 Å². The first-order chi connectivity index (χ1) is 29.5. The summed E-state index contributed by atoms with van der Waals surface area (Å²) in [6.07, 6.45) is 4.27. The molecular weight excluding hydrogens is 781 g/mol. The van der Waals surface area contributed by atoms with Crippen LogP contribution in [0.4, 0.5) is 15.3 Å². The van der Waals surface area contributed by atoms with Gasteiger partial charge in [-0.1, -0.05) is 73.3 Å². The lowest BCUT2D eigenvalue weighted by atomic mass is 10.0. The first-order valence-corrected chi connectivity index (χ1v) is 20.2. The molecular formula is C45H46N8O8. The summed E-state index contributed by atoms with van der Waals surface area (Å²) in [5.41, 5.74) is 9.01. The summed E-state index contributed by atoms with van der Waals surface area (Å²) in [7, 11) is 2.53. The van der Waals surface area contributed by atoms with Gasteiger partial charge in [0, 0.05) is 12.8 Å². The van der Waals surface area contributed by atoms with E-state index in [-0.39, 0.29) is 24.4 Å². The van der Waals surface area contributed by atoms with Gasteiger partial charge in [0.05, 0.1) is 75.5 Å². The van der Waals surface area contributed by atoms with Crippen LogP contribution in [0.25, 0.3) is 33.6 Å². The van der Waals surface area contributed by atoms with Crippen LogP contribution >= 0.6 is 0 Å². The third-order valence-corrected chi connectivity index (χ3v) is 12.0. The highest BCUT2D eigenvalue weighted by Gasteiger charge is 2.52. The van der Waals surface area contributed by atoms with Crippen molar-refractivity contribution in [1.82, 2.24) is 35.5 Å². The number of amides is 4. The standard InChI is InChI=1S/C45H46N8O8/c1-25(2)37(51-44(57)59-4)42(55)52-24-45(60-18-19-61-45)21-36(52)40-47-23-34(49-40)29-14-10-27(11-15-29)26-8-12-28(13-9-26)33-22-46-39(48-33)35-20-31-7-5-6-30-16-17-32(50-43(56)58-3)41(54)53(35)38(30)31/h5-15,22-23,32,35-37H,1,16-21,24H2,2-4H3,(H,46,48)(H,47,49)(H,50,56)(H,51,57). The molecule has 16 heteroatoms. The van der Waals surface area contributed by atoms with Gasteiger partial charge in [0.1, 0.15) is 23.7 Å². The number of aryl methyl sites for hydroxylation is 1. The number of rotatable bonds is 9. The molecule has 61 heavy (non-hydrogen) atoms. The van der Waals surface area contributed by atoms with Crippen molar-refractivity contribution in [2.24, 2.45) is 0 Å². The number of ether oxygens (including phenoxy) is 4. The number of likely N-dealkylation sites (tertiary alicyclic amines) is 1. The summed E-state index contributed by atoms with van der Waals surface area (Å²) >= 11 is 0. The number of aromatic nitrogens is 4. The molecule has 0 bridgehead atoms. The Bertz CT molecular complexity index is 2510. The number of anilines is 1. The molecule has 9 rings (SSSR count). The van der Waals surface area contributed by atoms with Crippen LogP contribution in [0.1, 0.15) is 54.6 Å². The fourth-order valence-electron chi connectivity index (χ4n) is 8.93. The second-order valence-electron chi connectivity index (χ2n) is 15.8. The zero-order valence-corrected chi connectivity index (χ0v) is 34.0. The number of nitrogens with zero attached hydrogens (tertiary/aromatic N) is 4. The average Bonchev–Trinajstić information content (AvgIpc) is 4.14. The van der Waals surface area contributed by atoms with E-state index in [9.17, 15) is 19.2 Å². The molecule has 1 spiro atoms. The number of benzene rings is 3. The van der Waals surface area contributed by atoms with Crippen LogP contribution in [-0.4, -0.2) is 101 Å². The number of aromatic amines is 2. The Balaban J connectivity index is 0.900. The minimum absolute atomic E-state index is 0.169. The van der Waals surface area contributed by atoms with Crippen molar-refractivity contribution < 1.29 is 38.1 Å². The summed E-state index contributed by atoms with van der Waals surface area (Å²) in [5, 5.41) is 5.32. The fraction of sp³-hybridized carbons (Fsp3) is 0.333. The van der Waals surface area contributed by atoms with E-state index in [1.807, 2.05) is 54.6 Å². The summed E-state index contributed by atoms with van der Waals surface area (Å²) in [6, 6.07) is 19.8. The maximum atomic E-state index is 13.9. The molecule has 314 valence electrons. The number of carbonyl (C=O) groups is 4. The largest absolute Gasteiger partial charge is 0.453 e. The number of alkyl carbamates (subject to hydrolysis) is 2. The quantitative estimate of drug-likeness (QED) is 0.133. The van der Waals surface area contributed by atoms with Crippen LogP contribution < -0.4 is 15.5 Å². The topological polar surface area (TPSA) is 193 Å². The molecule has 2 fully saturated rings. The van der Waals surface area contributed by atoms with Crippen molar-refractivity contribution in [1.29, 1.82) is 0 Å². The lowest BCUT2D eigenvalue weighted by Crippen LogP contribution is -2.50. The molecule has 4 aliphatic rings. The maximum Gasteiger partial charge on any atom is 0.407 e. The minimum atomic E-state index is -1.00. The van der Waals surface area contributed by atoms with Crippen molar-refractivity contribution in [3.8, 4) is 33.6 Å². The molecule has 0 aliphatic carbocycles. The van der Waals surface area contributed by atoms with Crippen molar-refractivity contribution in [3.05, 3.63) is 114 Å². The van der Waals surface area contributed by atoms with Gasteiger partial charge in [-0.3, -0.25) is 14.5 Å². The lowest BCUT2D eigenvalue weighted by molar-refractivity contribution is -0.152. The van der Waals surface area contributed by atoms with Crippen LogP contribution in [0.15, 0.2) is 91.3 Å². The Kier molecular flexibility index (Phi) is 10.4. The summed E-state index contributed by atoms with van der Waals surface area (Å²) in [6.45, 7) is 6.61. The Morgan fingerprint density at radius 3 is 2.00 bits per heavy atom. The first-order valence-electron chi connectivity index (χ1n) is 20.2. The number of hydrogen-bond acceptors (Lipinski definition) is 10. The molecule has 4 atom stereocenters. The van der Waals surface area contributed by atoms with Gasteiger partial charge in [-0.25, -0.2) is 19.6 Å². The van der Waals surface area contributed by atoms with Gasteiger partial charge in [-0.15, -0.1) is 0 Å². The zero-order valence-electron chi connectivity index (χ0n) is 34.0. The van der Waals surface area contributed by atoms with E-state index in [0.29, 0.717) is 56.1 Å². The third kappa shape index (κ3) is 7.42. The van der Waals surface area contributed by atoms with E-state index in [0.717, 1.165) is 50.5 Å². The highest BCUT2D eigenvalue weighted by molar-refractivity contribution is 6.02. The molecule has 4 N–H and O–H groups in total. The molecule has 4 amide bonds. The van der Waals surface area contributed by atoms with E-state index < -0.39 is 36.1 Å². The lowest BCUT2D eigenvalue weighted by Gasteiger charge is -2.28. The van der Waals surface area contributed by atoms with Crippen LogP contribution in [0, 0.1) is 0 Å². The number of H-pyrrole nitrogens is 2. The number of hydrogen-bond donors (Lipinski definition) is 4. The van der Waals surface area contributed by atoms with E-state index in [1.165, 1.54) is 14.2 Å². The Morgan fingerprint density at radius 2 is 1.41 bits per heavy atom. The van der Waals surface area contributed by atoms with E-state index in [1.54, 1.807) is 29.1 Å². The number of para-hydroxylation sites is 1. The highest BCUT2D eigenvalue weighted by atomic mass is 16.7. The van der Waals surface area contributed by atoms with Crippen molar-refractivity contribution in [3.63, 3.8) is 0 Å². The number of nitrogens with one attached hydrogen (secondary N) is 4. The van der Waals surface area contributed by atoms with Gasteiger partial charge in [-0.05, 0) is 58.7 Å². The predicted octanol–water partition coefficient (Wildman–Crippen LogP) is 5.75. The van der Waals surface area contributed by atoms with E-state index in [4.69, 9.17) is 28.9 Å². The summed E-state index contributed by atoms with van der Waals surface area (Å²) in [5.74, 6) is -0.273. The summed E-state index contributed by atoms with van der Waals surface area (Å²) < 4.78 is 21.6. The second kappa shape index (κ2) is 16.0. The molecule has 3 aromatic carbocycles. The minimum Gasteiger partial charge on any atom is -0.453 e. The SMILES string of the molecule is C=C(C)C(NC(=O)OC)C(=O)N1CC2(CC1c1ncc(-c3ccc(-c4ccc(-c5cnc(C6Cc7cccc8c7N6C(=O)C(NC(=O)OC)CC8)[nH]5)cc4)cc3)[nH]1)OCCO2. The number of carbonyl (C=O) groups excluding carboxylic acids is 4. The number of imidazole rings is 2. The monoisotopic (exact) mass is 826 g/mol. The van der Waals surface area contributed by atoms with Crippen LogP contribution in [-0.2, 0) is 41.4 Å². The van der Waals surface area contributed by atoms with Gasteiger partial charge >= 0.3 is 12.2 Å². The van der Waals surface area contributed by atoms with E-state index in [2.05, 4.69) is 39.3 Å². The molecule has 2 aromatic heterocycles. The Hall–Kier alpha value is -6.78. The second-order valence-corrected chi connectivity index (χ2v) is 15.8. The van der Waals surface area contributed by atoms with Gasteiger partial charge in [-0.2, -0.15) is 0 Å². The molecule has 0 saturated carbocycles. The number of methoxy groups -OCH3 is 2. The average molecular weight is 827 g/mol. The zero-order chi connectivity index (χ0) is 42.4. The summed E-state index contributed by atoms with van der Waals surface area (Å²) in [4.78, 5) is 71.9.